The van der Waals surface area contributed by atoms with Crippen LogP contribution in [0.4, 0.5) is 5.82 Å². The molecule has 19 heavy (non-hydrogen) atoms. The van der Waals surface area contributed by atoms with Crippen molar-refractivity contribution in [2.45, 2.75) is 63.5 Å². The van der Waals surface area contributed by atoms with Crippen molar-refractivity contribution in [1.29, 1.82) is 0 Å². The highest BCUT2D eigenvalue weighted by atomic mass is 35.5. The number of aliphatic hydroxyl groups excluding tert-OH is 1. The first kappa shape index (κ1) is 13.1. The van der Waals surface area contributed by atoms with Gasteiger partial charge in [0.25, 0.3) is 0 Å². The molecule has 2 aliphatic rings. The molecule has 2 saturated carbocycles. The second kappa shape index (κ2) is 5.25. The van der Waals surface area contributed by atoms with E-state index in [2.05, 4.69) is 15.3 Å². The summed E-state index contributed by atoms with van der Waals surface area (Å²) >= 11 is 6.20. The number of rotatable bonds is 3. The molecule has 1 aromatic rings. The summed E-state index contributed by atoms with van der Waals surface area (Å²) in [5.41, 5.74) is 0.928. The smallest absolute Gasteiger partial charge is 0.137 e. The molecule has 3 rings (SSSR count). The number of hydrogen-bond acceptors (Lipinski definition) is 4. The summed E-state index contributed by atoms with van der Waals surface area (Å²) in [6, 6.07) is 0.389. The zero-order valence-electron chi connectivity index (χ0n) is 11.2. The summed E-state index contributed by atoms with van der Waals surface area (Å²) in [5.74, 6) is 2.27. The summed E-state index contributed by atoms with van der Waals surface area (Å²) in [7, 11) is 0. The average Bonchev–Trinajstić information content (AvgIpc) is 3.21. The van der Waals surface area contributed by atoms with E-state index in [9.17, 15) is 5.11 Å². The Morgan fingerprint density at radius 2 is 1.79 bits per heavy atom. The summed E-state index contributed by atoms with van der Waals surface area (Å²) < 4.78 is 0. The normalized spacial score (nSPS) is 27.3. The molecule has 0 amide bonds. The molecule has 2 aliphatic carbocycles. The summed E-state index contributed by atoms with van der Waals surface area (Å²) in [5, 5.41) is 13.6. The quantitative estimate of drug-likeness (QED) is 0.836. The number of aliphatic hydroxyl groups is 1. The number of nitrogens with zero attached hydrogens (tertiary/aromatic N) is 2. The number of hydrogen-bond donors (Lipinski definition) is 2. The van der Waals surface area contributed by atoms with Crippen LogP contribution in [0.3, 0.4) is 0 Å². The van der Waals surface area contributed by atoms with E-state index in [1.165, 1.54) is 12.8 Å². The molecule has 5 heteroatoms. The third-order valence-electron chi connectivity index (χ3n) is 4.08. The molecule has 2 fully saturated rings. The first-order chi connectivity index (χ1) is 9.13. The molecular weight excluding hydrogens is 262 g/mol. The van der Waals surface area contributed by atoms with Crippen LogP contribution >= 0.6 is 11.6 Å². The molecule has 0 spiro atoms. The Labute approximate surface area is 118 Å². The molecule has 1 heterocycles. The Morgan fingerprint density at radius 1 is 1.11 bits per heavy atom. The Bertz CT molecular complexity index is 468. The van der Waals surface area contributed by atoms with Crippen LogP contribution in [-0.4, -0.2) is 27.2 Å². The van der Waals surface area contributed by atoms with Crippen molar-refractivity contribution < 1.29 is 5.11 Å². The van der Waals surface area contributed by atoms with E-state index in [1.54, 1.807) is 0 Å². The zero-order chi connectivity index (χ0) is 13.4. The van der Waals surface area contributed by atoms with Gasteiger partial charge in [-0.2, -0.15) is 0 Å². The Morgan fingerprint density at radius 3 is 2.42 bits per heavy atom. The SMILES string of the molecule is Cc1c(Cl)nc(C2CC2)nc1NC1CCC(O)CC1. The Balaban J connectivity index is 1.75. The van der Waals surface area contributed by atoms with Gasteiger partial charge in [0.2, 0.25) is 0 Å². The van der Waals surface area contributed by atoms with Crippen molar-refractivity contribution in [3.8, 4) is 0 Å². The third kappa shape index (κ3) is 3.00. The van der Waals surface area contributed by atoms with Gasteiger partial charge in [0.05, 0.1) is 6.10 Å². The molecule has 1 aromatic heterocycles. The molecule has 0 saturated heterocycles. The fraction of sp³-hybridized carbons (Fsp3) is 0.714. The minimum absolute atomic E-state index is 0.129. The van der Waals surface area contributed by atoms with E-state index in [-0.39, 0.29) is 6.10 Å². The second-order valence-corrected chi connectivity index (χ2v) is 6.13. The molecule has 0 atom stereocenters. The monoisotopic (exact) mass is 281 g/mol. The van der Waals surface area contributed by atoms with Gasteiger partial charge < -0.3 is 10.4 Å². The van der Waals surface area contributed by atoms with E-state index in [0.717, 1.165) is 42.9 Å². The largest absolute Gasteiger partial charge is 0.393 e. The van der Waals surface area contributed by atoms with Gasteiger partial charge >= 0.3 is 0 Å². The number of anilines is 1. The van der Waals surface area contributed by atoms with Crippen molar-refractivity contribution in [2.75, 3.05) is 5.32 Å². The number of halogens is 1. The molecule has 0 unspecified atom stereocenters. The molecule has 0 bridgehead atoms. The van der Waals surface area contributed by atoms with Gasteiger partial charge in [0.15, 0.2) is 0 Å². The summed E-state index contributed by atoms with van der Waals surface area (Å²) in [6.45, 7) is 1.96. The zero-order valence-corrected chi connectivity index (χ0v) is 12.0. The van der Waals surface area contributed by atoms with Crippen LogP contribution in [0.25, 0.3) is 0 Å². The van der Waals surface area contributed by atoms with Crippen molar-refractivity contribution >= 4 is 17.4 Å². The maximum atomic E-state index is 9.54. The van der Waals surface area contributed by atoms with Gasteiger partial charge in [-0.05, 0) is 45.4 Å². The van der Waals surface area contributed by atoms with Gasteiger partial charge in [-0.25, -0.2) is 9.97 Å². The van der Waals surface area contributed by atoms with Gasteiger partial charge in [-0.3, -0.25) is 0 Å². The standard InChI is InChI=1S/C14H20ClN3O/c1-8-12(15)17-14(9-2-3-9)18-13(8)16-10-4-6-11(19)7-5-10/h9-11,19H,2-7H2,1H3,(H,16,17,18). The topological polar surface area (TPSA) is 58.0 Å². The predicted molar refractivity (Wildman–Crippen MR) is 75.6 cm³/mol. The fourth-order valence-corrected chi connectivity index (χ4v) is 2.76. The van der Waals surface area contributed by atoms with Crippen LogP contribution in [0, 0.1) is 6.92 Å². The molecule has 0 aromatic carbocycles. The highest BCUT2D eigenvalue weighted by Crippen LogP contribution is 2.39. The van der Waals surface area contributed by atoms with E-state index >= 15 is 0 Å². The molecule has 104 valence electrons. The molecule has 0 aliphatic heterocycles. The third-order valence-corrected chi connectivity index (χ3v) is 4.45. The maximum Gasteiger partial charge on any atom is 0.137 e. The summed E-state index contributed by atoms with van der Waals surface area (Å²) in [4.78, 5) is 9.01. The minimum Gasteiger partial charge on any atom is -0.393 e. The van der Waals surface area contributed by atoms with Gasteiger partial charge in [-0.15, -0.1) is 0 Å². The van der Waals surface area contributed by atoms with Crippen molar-refractivity contribution in [2.24, 2.45) is 0 Å². The lowest BCUT2D eigenvalue weighted by molar-refractivity contribution is 0.126. The lowest BCUT2D eigenvalue weighted by Crippen LogP contribution is -2.29. The molecular formula is C14H20ClN3O. The molecule has 2 N–H and O–H groups in total. The number of nitrogens with one attached hydrogen (secondary N) is 1. The van der Waals surface area contributed by atoms with E-state index in [1.807, 2.05) is 6.92 Å². The van der Waals surface area contributed by atoms with Gasteiger partial charge in [0.1, 0.15) is 16.8 Å². The van der Waals surface area contributed by atoms with Gasteiger partial charge in [0, 0.05) is 17.5 Å². The van der Waals surface area contributed by atoms with Crippen molar-refractivity contribution in [1.82, 2.24) is 9.97 Å². The Kier molecular flexibility index (Phi) is 3.63. The highest BCUT2D eigenvalue weighted by molar-refractivity contribution is 6.30. The van der Waals surface area contributed by atoms with E-state index < -0.39 is 0 Å². The van der Waals surface area contributed by atoms with Crippen LogP contribution in [0.15, 0.2) is 0 Å². The lowest BCUT2D eigenvalue weighted by atomic mass is 9.93. The van der Waals surface area contributed by atoms with Gasteiger partial charge in [-0.1, -0.05) is 11.6 Å². The average molecular weight is 282 g/mol. The second-order valence-electron chi connectivity index (χ2n) is 5.77. The van der Waals surface area contributed by atoms with Crippen molar-refractivity contribution in [3.05, 3.63) is 16.5 Å². The van der Waals surface area contributed by atoms with Crippen LogP contribution in [0.5, 0.6) is 0 Å². The Hall–Kier alpha value is -0.870. The molecule has 0 radical (unpaired) electrons. The maximum absolute atomic E-state index is 9.54. The molecule has 4 nitrogen and oxygen atoms in total. The van der Waals surface area contributed by atoms with Crippen LogP contribution in [0.2, 0.25) is 5.15 Å². The van der Waals surface area contributed by atoms with Crippen LogP contribution in [-0.2, 0) is 0 Å². The fourth-order valence-electron chi connectivity index (χ4n) is 2.58. The summed E-state index contributed by atoms with van der Waals surface area (Å²) in [6.07, 6.45) is 5.93. The highest BCUT2D eigenvalue weighted by Gasteiger charge is 2.28. The lowest BCUT2D eigenvalue weighted by Gasteiger charge is -2.27. The van der Waals surface area contributed by atoms with Crippen LogP contribution in [0.1, 0.15) is 55.8 Å². The van der Waals surface area contributed by atoms with E-state index in [0.29, 0.717) is 17.1 Å². The minimum atomic E-state index is -0.129. The first-order valence-corrected chi connectivity index (χ1v) is 7.50. The number of aromatic nitrogens is 2. The predicted octanol–water partition coefficient (Wildman–Crippen LogP) is 3.03. The first-order valence-electron chi connectivity index (χ1n) is 7.12. The van der Waals surface area contributed by atoms with E-state index in [4.69, 9.17) is 11.6 Å². The van der Waals surface area contributed by atoms with Crippen molar-refractivity contribution in [3.63, 3.8) is 0 Å². The van der Waals surface area contributed by atoms with Crippen LogP contribution < -0.4 is 5.32 Å².